The summed E-state index contributed by atoms with van der Waals surface area (Å²) in [6.07, 6.45) is 1.05. The van der Waals surface area contributed by atoms with Crippen LogP contribution < -0.4 is 26.8 Å². The van der Waals surface area contributed by atoms with Gasteiger partial charge in [0.25, 0.3) is 0 Å². The van der Waals surface area contributed by atoms with Gasteiger partial charge in [0.1, 0.15) is 0 Å². The van der Waals surface area contributed by atoms with E-state index in [4.69, 9.17) is 4.99 Å². The van der Waals surface area contributed by atoms with Gasteiger partial charge in [0, 0.05) is 18.7 Å². The SMILES string of the molecule is Cc1ccc(C)c(C(=O)CN2C3=NCCCN3c3ccccc32)c1.[Br-]. The highest BCUT2D eigenvalue weighted by molar-refractivity contribution is 6.19. The summed E-state index contributed by atoms with van der Waals surface area (Å²) in [5.74, 6) is 1.06. The van der Waals surface area contributed by atoms with Gasteiger partial charge in [-0.25, -0.2) is 0 Å². The number of carbonyl (C=O) groups excluding carboxylic acids is 1. The molecule has 2 aromatic rings. The lowest BCUT2D eigenvalue weighted by Crippen LogP contribution is -3.00. The van der Waals surface area contributed by atoms with Crippen molar-refractivity contribution in [1.82, 2.24) is 0 Å². The van der Waals surface area contributed by atoms with E-state index >= 15 is 0 Å². The summed E-state index contributed by atoms with van der Waals surface area (Å²) in [6.45, 7) is 6.14. The van der Waals surface area contributed by atoms with Crippen molar-refractivity contribution < 1.29 is 21.8 Å². The molecule has 130 valence electrons. The molecule has 0 fully saturated rings. The molecule has 4 nitrogen and oxygen atoms in total. The molecule has 0 N–H and O–H groups in total. The second kappa shape index (κ2) is 7.00. The first kappa shape index (κ1) is 17.7. The molecule has 0 saturated heterocycles. The summed E-state index contributed by atoms with van der Waals surface area (Å²) >= 11 is 0. The minimum Gasteiger partial charge on any atom is -1.00 e. The fourth-order valence-corrected chi connectivity index (χ4v) is 3.50. The van der Waals surface area contributed by atoms with Gasteiger partial charge in [0.05, 0.1) is 17.9 Å². The Morgan fingerprint density at radius 2 is 1.88 bits per heavy atom. The highest BCUT2D eigenvalue weighted by atomic mass is 79.9. The molecular formula is C20H21BrN3O-. The molecule has 0 radical (unpaired) electrons. The summed E-state index contributed by atoms with van der Waals surface area (Å²) in [7, 11) is 0. The highest BCUT2D eigenvalue weighted by Crippen LogP contribution is 2.38. The summed E-state index contributed by atoms with van der Waals surface area (Å²) in [6, 6.07) is 14.3. The van der Waals surface area contributed by atoms with Crippen LogP contribution in [0, 0.1) is 13.8 Å². The van der Waals surface area contributed by atoms with Gasteiger partial charge in [-0.1, -0.05) is 29.8 Å². The number of aliphatic imine (C=N–C) groups is 1. The van der Waals surface area contributed by atoms with E-state index in [9.17, 15) is 4.79 Å². The largest absolute Gasteiger partial charge is 1.00 e. The van der Waals surface area contributed by atoms with Crippen molar-refractivity contribution in [3.05, 3.63) is 59.2 Å². The fraction of sp³-hybridized carbons (Fsp3) is 0.300. The molecule has 0 aliphatic carbocycles. The Labute approximate surface area is 158 Å². The molecule has 4 rings (SSSR count). The van der Waals surface area contributed by atoms with Crippen LogP contribution >= 0.6 is 0 Å². The summed E-state index contributed by atoms with van der Waals surface area (Å²) in [4.78, 5) is 21.9. The van der Waals surface area contributed by atoms with Gasteiger partial charge in [0.15, 0.2) is 5.78 Å². The Kier molecular flexibility index (Phi) is 4.95. The molecule has 2 aromatic carbocycles. The van der Waals surface area contributed by atoms with E-state index in [-0.39, 0.29) is 22.8 Å². The lowest BCUT2D eigenvalue weighted by Gasteiger charge is -2.26. The number of Topliss-reactive ketones (excluding diaryl/α,β-unsaturated/α-hetero) is 1. The maximum absolute atomic E-state index is 12.9. The number of rotatable bonds is 3. The second-order valence-electron chi connectivity index (χ2n) is 6.50. The zero-order chi connectivity index (χ0) is 16.7. The van der Waals surface area contributed by atoms with Gasteiger partial charge >= 0.3 is 0 Å². The highest BCUT2D eigenvalue weighted by Gasteiger charge is 2.34. The van der Waals surface area contributed by atoms with Crippen LogP contribution in [0.25, 0.3) is 0 Å². The molecule has 0 aromatic heterocycles. The smallest absolute Gasteiger partial charge is 0.206 e. The summed E-state index contributed by atoms with van der Waals surface area (Å²) < 4.78 is 0. The zero-order valence-corrected chi connectivity index (χ0v) is 16.1. The minimum absolute atomic E-state index is 0. The molecule has 0 atom stereocenters. The molecule has 2 aliphatic heterocycles. The Balaban J connectivity index is 0.00000182. The normalized spacial score (nSPS) is 15.2. The van der Waals surface area contributed by atoms with Gasteiger partial charge < -0.3 is 26.8 Å². The van der Waals surface area contributed by atoms with Crippen molar-refractivity contribution >= 4 is 23.1 Å². The molecule has 0 saturated carbocycles. The van der Waals surface area contributed by atoms with E-state index in [1.165, 1.54) is 0 Å². The van der Waals surface area contributed by atoms with E-state index < -0.39 is 0 Å². The lowest BCUT2D eigenvalue weighted by atomic mass is 10.0. The molecule has 0 unspecified atom stereocenters. The predicted molar refractivity (Wildman–Crippen MR) is 98.3 cm³/mol. The van der Waals surface area contributed by atoms with Crippen LogP contribution in [0.3, 0.4) is 0 Å². The van der Waals surface area contributed by atoms with Crippen molar-refractivity contribution in [2.24, 2.45) is 4.99 Å². The van der Waals surface area contributed by atoms with Crippen molar-refractivity contribution in [2.45, 2.75) is 20.3 Å². The van der Waals surface area contributed by atoms with Crippen molar-refractivity contribution in [3.8, 4) is 0 Å². The first-order valence-corrected chi connectivity index (χ1v) is 8.44. The number of carbonyl (C=O) groups is 1. The maximum atomic E-state index is 12.9. The predicted octanol–water partition coefficient (Wildman–Crippen LogP) is 0.576. The first-order chi connectivity index (χ1) is 11.6. The van der Waals surface area contributed by atoms with Gasteiger partial charge in [-0.05, 0) is 44.0 Å². The van der Waals surface area contributed by atoms with Gasteiger partial charge in [-0.3, -0.25) is 9.79 Å². The average molecular weight is 399 g/mol. The third kappa shape index (κ3) is 3.09. The average Bonchev–Trinajstić information content (AvgIpc) is 2.92. The molecule has 2 aliphatic rings. The molecule has 5 heteroatoms. The molecule has 0 bridgehead atoms. The number of aryl methyl sites for hydroxylation is 2. The van der Waals surface area contributed by atoms with Crippen molar-refractivity contribution in [3.63, 3.8) is 0 Å². The zero-order valence-electron chi connectivity index (χ0n) is 14.5. The van der Waals surface area contributed by atoms with Gasteiger partial charge in [0.2, 0.25) is 5.96 Å². The summed E-state index contributed by atoms with van der Waals surface area (Å²) in [5, 5.41) is 0. The van der Waals surface area contributed by atoms with Gasteiger partial charge in [-0.2, -0.15) is 0 Å². The van der Waals surface area contributed by atoms with E-state index in [0.29, 0.717) is 6.54 Å². The molecule has 25 heavy (non-hydrogen) atoms. The van der Waals surface area contributed by atoms with E-state index in [2.05, 4.69) is 21.9 Å². The van der Waals surface area contributed by atoms with E-state index in [0.717, 1.165) is 53.5 Å². The van der Waals surface area contributed by atoms with Crippen LogP contribution in [0.4, 0.5) is 11.4 Å². The van der Waals surface area contributed by atoms with Crippen LogP contribution in [0.15, 0.2) is 47.5 Å². The van der Waals surface area contributed by atoms with E-state index in [1.54, 1.807) is 0 Å². The van der Waals surface area contributed by atoms with Gasteiger partial charge in [-0.15, -0.1) is 0 Å². The Morgan fingerprint density at radius 3 is 2.68 bits per heavy atom. The minimum atomic E-state index is 0. The number of para-hydroxylation sites is 2. The van der Waals surface area contributed by atoms with Crippen molar-refractivity contribution in [1.29, 1.82) is 0 Å². The van der Waals surface area contributed by atoms with Crippen molar-refractivity contribution in [2.75, 3.05) is 29.4 Å². The Hall–Kier alpha value is -2.14. The van der Waals surface area contributed by atoms with Crippen LogP contribution in [0.5, 0.6) is 0 Å². The molecular weight excluding hydrogens is 378 g/mol. The Bertz CT molecular complexity index is 847. The fourth-order valence-electron chi connectivity index (χ4n) is 3.50. The molecule has 0 amide bonds. The second-order valence-corrected chi connectivity index (χ2v) is 6.50. The number of benzene rings is 2. The number of hydrogen-bond acceptors (Lipinski definition) is 4. The number of halogens is 1. The Morgan fingerprint density at radius 1 is 1.12 bits per heavy atom. The summed E-state index contributed by atoms with van der Waals surface area (Å²) in [5.41, 5.74) is 5.19. The van der Waals surface area contributed by atoms with Crippen LogP contribution in [-0.2, 0) is 0 Å². The standard InChI is InChI=1S/C20H21N3O.BrH/c1-14-8-9-15(2)16(12-14)19(24)13-23-18-7-4-3-6-17(18)22-11-5-10-21-20(22)23;/h3-4,6-9,12H,5,10-11,13H2,1-2H3;1H/p-1. The quantitative estimate of drug-likeness (QED) is 0.709. The number of nitrogens with zero attached hydrogens (tertiary/aromatic N) is 3. The number of hydrogen-bond donors (Lipinski definition) is 0. The first-order valence-electron chi connectivity index (χ1n) is 8.44. The lowest BCUT2D eigenvalue weighted by molar-refractivity contribution is -0.0000127. The molecule has 2 heterocycles. The van der Waals surface area contributed by atoms with Crippen LogP contribution in [-0.4, -0.2) is 31.4 Å². The van der Waals surface area contributed by atoms with Crippen LogP contribution in [0.1, 0.15) is 27.9 Å². The van der Waals surface area contributed by atoms with E-state index in [1.807, 2.05) is 44.2 Å². The van der Waals surface area contributed by atoms with Crippen LogP contribution in [0.2, 0.25) is 0 Å². The topological polar surface area (TPSA) is 35.9 Å². The third-order valence-corrected chi connectivity index (χ3v) is 4.73. The monoisotopic (exact) mass is 398 g/mol. The number of ketones is 1. The maximum Gasteiger partial charge on any atom is 0.206 e. The molecule has 0 spiro atoms. The third-order valence-electron chi connectivity index (χ3n) is 4.73. The number of guanidine groups is 1. The number of fused-ring (bicyclic) bond motifs is 3. The number of anilines is 2.